The number of nitrogens with zero attached hydrogens (tertiary/aromatic N) is 3. The van der Waals surface area contributed by atoms with Crippen LogP contribution in [-0.4, -0.2) is 14.2 Å². The number of halogens is 1. The highest BCUT2D eigenvalue weighted by Gasteiger charge is 2.11. The average molecular weight is 211 g/mol. The first kappa shape index (κ1) is 11.5. The molecule has 80 valence electrons. The number of rotatable bonds is 4. The zero-order valence-corrected chi connectivity index (χ0v) is 8.35. The summed E-state index contributed by atoms with van der Waals surface area (Å²) in [4.78, 5) is 2.50. The molecular weight excluding hydrogens is 201 g/mol. The van der Waals surface area contributed by atoms with E-state index in [9.17, 15) is 4.39 Å². The van der Waals surface area contributed by atoms with E-state index in [0.29, 0.717) is 5.56 Å². The molecule has 0 aliphatic rings. The van der Waals surface area contributed by atoms with Crippen molar-refractivity contribution in [1.29, 1.82) is 0 Å². The number of azide groups is 1. The predicted molar refractivity (Wildman–Crippen MR) is 52.0 cm³/mol. The van der Waals surface area contributed by atoms with Crippen molar-refractivity contribution < 1.29 is 13.9 Å². The summed E-state index contributed by atoms with van der Waals surface area (Å²) in [5, 5.41) is 3.18. The van der Waals surface area contributed by atoms with Gasteiger partial charge in [-0.3, -0.25) is 0 Å². The third kappa shape index (κ3) is 2.66. The topological polar surface area (TPSA) is 67.2 Å². The molecule has 5 nitrogen and oxygen atoms in total. The van der Waals surface area contributed by atoms with Gasteiger partial charge >= 0.3 is 0 Å². The first-order valence-electron chi connectivity index (χ1n) is 4.13. The molecule has 0 fully saturated rings. The highest BCUT2D eigenvalue weighted by Crippen LogP contribution is 2.24. The molecule has 0 N–H and O–H groups in total. The highest BCUT2D eigenvalue weighted by molar-refractivity contribution is 5.40. The Morgan fingerprint density at radius 2 is 2.07 bits per heavy atom. The van der Waals surface area contributed by atoms with Crippen molar-refractivity contribution in [3.63, 3.8) is 0 Å². The standard InChI is InChI=1S/C9H10FN3O2/c1-14-9(15-2)6-3-4-8(12-13-11)7(10)5-6/h3-5,9H,1-2H3. The van der Waals surface area contributed by atoms with Gasteiger partial charge in [0.25, 0.3) is 0 Å². The molecule has 0 saturated carbocycles. The second-order valence-corrected chi connectivity index (χ2v) is 2.70. The van der Waals surface area contributed by atoms with Crippen LogP contribution >= 0.6 is 0 Å². The van der Waals surface area contributed by atoms with E-state index >= 15 is 0 Å². The quantitative estimate of drug-likeness (QED) is 0.332. The largest absolute Gasteiger partial charge is 0.352 e. The molecular formula is C9H10FN3O2. The van der Waals surface area contributed by atoms with Crippen molar-refractivity contribution in [3.8, 4) is 0 Å². The molecule has 1 rings (SSSR count). The van der Waals surface area contributed by atoms with Gasteiger partial charge in [-0.05, 0) is 17.7 Å². The van der Waals surface area contributed by atoms with Crippen LogP contribution in [0, 0.1) is 5.82 Å². The van der Waals surface area contributed by atoms with E-state index < -0.39 is 12.1 Å². The molecule has 0 heterocycles. The summed E-state index contributed by atoms with van der Waals surface area (Å²) in [6.45, 7) is 0. The minimum Gasteiger partial charge on any atom is -0.352 e. The summed E-state index contributed by atoms with van der Waals surface area (Å²) in [5.41, 5.74) is 8.63. The fraction of sp³-hybridized carbons (Fsp3) is 0.333. The number of methoxy groups -OCH3 is 2. The summed E-state index contributed by atoms with van der Waals surface area (Å²) < 4.78 is 23.2. The van der Waals surface area contributed by atoms with Crippen LogP contribution in [0.2, 0.25) is 0 Å². The molecule has 0 unspecified atom stereocenters. The molecule has 1 aromatic rings. The summed E-state index contributed by atoms with van der Waals surface area (Å²) >= 11 is 0. The second-order valence-electron chi connectivity index (χ2n) is 2.70. The van der Waals surface area contributed by atoms with Gasteiger partial charge in [0, 0.05) is 24.7 Å². The number of hydrogen-bond acceptors (Lipinski definition) is 3. The van der Waals surface area contributed by atoms with Gasteiger partial charge in [-0.1, -0.05) is 11.2 Å². The van der Waals surface area contributed by atoms with Gasteiger partial charge in [0.1, 0.15) is 5.82 Å². The lowest BCUT2D eigenvalue weighted by Crippen LogP contribution is -2.03. The van der Waals surface area contributed by atoms with E-state index in [-0.39, 0.29) is 5.69 Å². The van der Waals surface area contributed by atoms with Crippen LogP contribution in [0.5, 0.6) is 0 Å². The number of ether oxygens (including phenoxy) is 2. The smallest absolute Gasteiger partial charge is 0.183 e. The fourth-order valence-corrected chi connectivity index (χ4v) is 1.17. The van der Waals surface area contributed by atoms with Gasteiger partial charge in [-0.2, -0.15) is 0 Å². The predicted octanol–water partition coefficient (Wildman–Crippen LogP) is 3.06. The van der Waals surface area contributed by atoms with Crippen LogP contribution in [0.15, 0.2) is 23.3 Å². The van der Waals surface area contributed by atoms with Crippen molar-refractivity contribution in [3.05, 3.63) is 40.0 Å². The zero-order chi connectivity index (χ0) is 11.3. The maximum absolute atomic E-state index is 13.3. The van der Waals surface area contributed by atoms with Gasteiger partial charge in [0.2, 0.25) is 0 Å². The van der Waals surface area contributed by atoms with Crippen molar-refractivity contribution in [2.75, 3.05) is 14.2 Å². The van der Waals surface area contributed by atoms with Crippen molar-refractivity contribution >= 4 is 5.69 Å². The Morgan fingerprint density at radius 1 is 1.40 bits per heavy atom. The van der Waals surface area contributed by atoms with Crippen LogP contribution in [0.25, 0.3) is 10.4 Å². The Balaban J connectivity index is 3.04. The summed E-state index contributed by atoms with van der Waals surface area (Å²) in [6.07, 6.45) is -0.625. The molecule has 0 aliphatic carbocycles. The maximum atomic E-state index is 13.3. The van der Waals surface area contributed by atoms with Gasteiger partial charge in [0.15, 0.2) is 6.29 Å². The van der Waals surface area contributed by atoms with Crippen LogP contribution in [0.1, 0.15) is 11.9 Å². The lowest BCUT2D eigenvalue weighted by molar-refractivity contribution is -0.106. The van der Waals surface area contributed by atoms with Gasteiger partial charge in [-0.15, -0.1) is 0 Å². The van der Waals surface area contributed by atoms with E-state index in [0.717, 1.165) is 0 Å². The van der Waals surface area contributed by atoms with E-state index in [1.165, 1.54) is 26.4 Å². The monoisotopic (exact) mass is 211 g/mol. The van der Waals surface area contributed by atoms with E-state index in [1.807, 2.05) is 0 Å². The van der Waals surface area contributed by atoms with Crippen LogP contribution in [0.4, 0.5) is 10.1 Å². The zero-order valence-electron chi connectivity index (χ0n) is 8.35. The minimum atomic E-state index is -0.625. The third-order valence-electron chi connectivity index (χ3n) is 1.82. The maximum Gasteiger partial charge on any atom is 0.183 e. The highest BCUT2D eigenvalue weighted by atomic mass is 19.1. The first-order valence-corrected chi connectivity index (χ1v) is 4.13. The van der Waals surface area contributed by atoms with Crippen LogP contribution < -0.4 is 0 Å². The molecule has 15 heavy (non-hydrogen) atoms. The molecule has 1 aromatic carbocycles. The SMILES string of the molecule is COC(OC)c1ccc(N=[N+]=[N-])c(F)c1. The normalized spacial score (nSPS) is 10.1. The minimum absolute atomic E-state index is 0.0489. The lowest BCUT2D eigenvalue weighted by Gasteiger charge is -2.13. The average Bonchev–Trinajstić information content (AvgIpc) is 2.24. The molecule has 0 bridgehead atoms. The molecule has 0 amide bonds. The van der Waals surface area contributed by atoms with Gasteiger partial charge in [0.05, 0.1) is 5.69 Å². The third-order valence-corrected chi connectivity index (χ3v) is 1.82. The van der Waals surface area contributed by atoms with Crippen molar-refractivity contribution in [2.24, 2.45) is 5.11 Å². The van der Waals surface area contributed by atoms with E-state index in [2.05, 4.69) is 10.0 Å². The number of benzene rings is 1. The van der Waals surface area contributed by atoms with Gasteiger partial charge in [-0.25, -0.2) is 4.39 Å². The molecule has 0 aromatic heterocycles. The van der Waals surface area contributed by atoms with Crippen molar-refractivity contribution in [2.45, 2.75) is 6.29 Å². The van der Waals surface area contributed by atoms with Crippen LogP contribution in [0.3, 0.4) is 0 Å². The fourth-order valence-electron chi connectivity index (χ4n) is 1.17. The molecule has 0 aliphatic heterocycles. The second kappa shape index (κ2) is 5.31. The van der Waals surface area contributed by atoms with Gasteiger partial charge < -0.3 is 9.47 Å². The molecule has 0 atom stereocenters. The lowest BCUT2D eigenvalue weighted by atomic mass is 10.2. The summed E-state index contributed by atoms with van der Waals surface area (Å²) in [6, 6.07) is 4.15. The molecule has 0 saturated heterocycles. The Morgan fingerprint density at radius 3 is 2.53 bits per heavy atom. The van der Waals surface area contributed by atoms with E-state index in [1.54, 1.807) is 6.07 Å². The molecule has 0 spiro atoms. The summed E-state index contributed by atoms with van der Waals surface area (Å²) in [7, 11) is 2.90. The molecule has 6 heteroatoms. The molecule has 0 radical (unpaired) electrons. The first-order chi connectivity index (χ1) is 7.22. The Labute approximate surface area is 86.1 Å². The Bertz CT molecular complexity index is 387. The van der Waals surface area contributed by atoms with Crippen molar-refractivity contribution in [1.82, 2.24) is 0 Å². The summed E-state index contributed by atoms with van der Waals surface area (Å²) in [5.74, 6) is -0.607. The van der Waals surface area contributed by atoms with E-state index in [4.69, 9.17) is 15.0 Å². The van der Waals surface area contributed by atoms with Crippen LogP contribution in [-0.2, 0) is 9.47 Å². The number of hydrogen-bond donors (Lipinski definition) is 0. The Hall–Kier alpha value is -1.62. The Kier molecular flexibility index (Phi) is 4.05.